The van der Waals surface area contributed by atoms with Crippen molar-refractivity contribution >= 4 is 29.9 Å². The number of rotatable bonds is 9. The molecule has 3 N–H and O–H groups in total. The number of aliphatic imine (C=N–C) groups is 1. The van der Waals surface area contributed by atoms with Gasteiger partial charge in [-0.15, -0.1) is 24.0 Å². The van der Waals surface area contributed by atoms with Gasteiger partial charge in [-0.05, 0) is 42.3 Å². The molecule has 0 atom stereocenters. The van der Waals surface area contributed by atoms with Crippen molar-refractivity contribution < 1.29 is 27.8 Å². The smallest absolute Gasteiger partial charge is 0.416 e. The Labute approximate surface area is 196 Å². The molecule has 2 rings (SSSR count). The highest BCUT2D eigenvalue weighted by molar-refractivity contribution is 14.0. The van der Waals surface area contributed by atoms with Crippen LogP contribution in [0, 0.1) is 0 Å². The van der Waals surface area contributed by atoms with Gasteiger partial charge in [0.15, 0.2) is 17.5 Å². The van der Waals surface area contributed by atoms with Crippen molar-refractivity contribution in [1.82, 2.24) is 10.6 Å². The van der Waals surface area contributed by atoms with E-state index < -0.39 is 11.7 Å². The van der Waals surface area contributed by atoms with Crippen LogP contribution in [-0.4, -0.2) is 37.9 Å². The van der Waals surface area contributed by atoms with E-state index >= 15 is 0 Å². The van der Waals surface area contributed by atoms with E-state index in [-0.39, 0.29) is 37.2 Å². The van der Waals surface area contributed by atoms with Crippen LogP contribution in [0.1, 0.15) is 23.6 Å². The normalized spacial score (nSPS) is 11.5. The second-order valence-electron chi connectivity index (χ2n) is 6.30. The summed E-state index contributed by atoms with van der Waals surface area (Å²) in [6, 6.07) is 10.4. The van der Waals surface area contributed by atoms with Gasteiger partial charge in [-0.25, -0.2) is 4.99 Å². The number of benzene rings is 2. The fourth-order valence-corrected chi connectivity index (χ4v) is 2.59. The van der Waals surface area contributed by atoms with Crippen LogP contribution in [-0.2, 0) is 19.3 Å². The Kier molecular flexibility index (Phi) is 11.5. The summed E-state index contributed by atoms with van der Waals surface area (Å²) in [4.78, 5) is 4.50. The van der Waals surface area contributed by atoms with Gasteiger partial charge in [0.2, 0.25) is 0 Å². The highest BCUT2D eigenvalue weighted by Gasteiger charge is 2.29. The molecule has 0 radical (unpaired) electrons. The van der Waals surface area contributed by atoms with E-state index in [0.29, 0.717) is 42.7 Å². The Morgan fingerprint density at radius 3 is 2.29 bits per heavy atom. The number of aliphatic hydroxyl groups excluding tert-OH is 1. The largest absolute Gasteiger partial charge is 0.493 e. The predicted molar refractivity (Wildman–Crippen MR) is 124 cm³/mol. The highest BCUT2D eigenvalue weighted by Crippen LogP contribution is 2.29. The van der Waals surface area contributed by atoms with Gasteiger partial charge in [0, 0.05) is 13.1 Å². The second-order valence-corrected chi connectivity index (χ2v) is 6.30. The maximum absolute atomic E-state index is 12.7. The molecule has 0 heterocycles. The molecule has 0 aliphatic carbocycles. The lowest BCUT2D eigenvalue weighted by atomic mass is 10.1. The third kappa shape index (κ3) is 8.82. The van der Waals surface area contributed by atoms with Crippen LogP contribution in [0.5, 0.6) is 11.5 Å². The lowest BCUT2D eigenvalue weighted by molar-refractivity contribution is -0.137. The molecule has 0 aliphatic rings. The van der Waals surface area contributed by atoms with Crippen molar-refractivity contribution in [1.29, 1.82) is 0 Å². The van der Waals surface area contributed by atoms with Crippen LogP contribution in [0.15, 0.2) is 47.5 Å². The number of guanidine groups is 1. The highest BCUT2D eigenvalue weighted by atomic mass is 127. The van der Waals surface area contributed by atoms with Crippen molar-refractivity contribution in [3.63, 3.8) is 0 Å². The number of aliphatic hydroxyl groups is 1. The lowest BCUT2D eigenvalue weighted by Crippen LogP contribution is -2.36. The summed E-state index contributed by atoms with van der Waals surface area (Å²) in [5.74, 6) is 1.61. The molecular weight excluding hydrogens is 526 g/mol. The zero-order valence-electron chi connectivity index (χ0n) is 17.3. The number of hydrogen-bond acceptors (Lipinski definition) is 4. The fourth-order valence-electron chi connectivity index (χ4n) is 2.59. The average Bonchev–Trinajstić information content (AvgIpc) is 2.74. The van der Waals surface area contributed by atoms with Gasteiger partial charge in [-0.1, -0.05) is 18.2 Å². The molecule has 31 heavy (non-hydrogen) atoms. The van der Waals surface area contributed by atoms with E-state index in [4.69, 9.17) is 14.6 Å². The summed E-state index contributed by atoms with van der Waals surface area (Å²) in [6.45, 7) is 3.33. The Balaban J connectivity index is 0.00000480. The topological polar surface area (TPSA) is 75.1 Å². The van der Waals surface area contributed by atoms with Gasteiger partial charge in [-0.2, -0.15) is 13.2 Å². The van der Waals surface area contributed by atoms with Crippen molar-refractivity contribution in [3.8, 4) is 11.5 Å². The van der Waals surface area contributed by atoms with E-state index in [1.807, 2.05) is 13.0 Å². The number of nitrogens with zero attached hydrogens (tertiary/aromatic N) is 1. The maximum atomic E-state index is 12.7. The first-order valence-electron chi connectivity index (χ1n) is 9.46. The molecule has 0 bridgehead atoms. The Hall–Kier alpha value is -2.21. The van der Waals surface area contributed by atoms with E-state index in [2.05, 4.69) is 15.6 Å². The molecule has 6 nitrogen and oxygen atoms in total. The van der Waals surface area contributed by atoms with Crippen LogP contribution in [0.2, 0.25) is 0 Å². The molecule has 0 aliphatic heterocycles. The van der Waals surface area contributed by atoms with Gasteiger partial charge < -0.3 is 25.2 Å². The number of hydrogen-bond donors (Lipinski definition) is 3. The standard InChI is InChI=1S/C21H26F3N3O3.HI/c1-3-25-20(26-13-15-4-7-17(8-5-15)21(22,23)24)27-14-16-6-9-18(30-11-10-28)19(12-16)29-2;/h4-9,12,28H,3,10-11,13-14H2,1-2H3,(H2,25,26,27);1H. The van der Waals surface area contributed by atoms with Crippen LogP contribution >= 0.6 is 24.0 Å². The van der Waals surface area contributed by atoms with Gasteiger partial charge >= 0.3 is 6.18 Å². The molecule has 0 unspecified atom stereocenters. The zero-order valence-corrected chi connectivity index (χ0v) is 19.7. The summed E-state index contributed by atoms with van der Waals surface area (Å²) in [5.41, 5.74) is 0.919. The van der Waals surface area contributed by atoms with Crippen molar-refractivity contribution in [2.24, 2.45) is 4.99 Å². The summed E-state index contributed by atoms with van der Waals surface area (Å²) in [6.07, 6.45) is -4.35. The van der Waals surface area contributed by atoms with Crippen molar-refractivity contribution in [3.05, 3.63) is 59.2 Å². The van der Waals surface area contributed by atoms with E-state index in [9.17, 15) is 13.2 Å². The van der Waals surface area contributed by atoms with E-state index in [1.54, 1.807) is 12.1 Å². The molecule has 0 saturated carbocycles. The van der Waals surface area contributed by atoms with E-state index in [0.717, 1.165) is 17.7 Å². The summed E-state index contributed by atoms with van der Waals surface area (Å²) < 4.78 is 48.7. The fraction of sp³-hybridized carbons (Fsp3) is 0.381. The monoisotopic (exact) mass is 553 g/mol. The number of methoxy groups -OCH3 is 1. The molecule has 2 aromatic carbocycles. The van der Waals surface area contributed by atoms with Gasteiger partial charge in [0.1, 0.15) is 6.61 Å². The molecule has 172 valence electrons. The number of nitrogens with one attached hydrogen (secondary N) is 2. The van der Waals surface area contributed by atoms with E-state index in [1.165, 1.54) is 19.2 Å². The lowest BCUT2D eigenvalue weighted by Gasteiger charge is -2.13. The first-order chi connectivity index (χ1) is 14.4. The van der Waals surface area contributed by atoms with Crippen LogP contribution < -0.4 is 20.1 Å². The van der Waals surface area contributed by atoms with Crippen LogP contribution in [0.4, 0.5) is 13.2 Å². The number of halogens is 4. The third-order valence-electron chi connectivity index (χ3n) is 4.08. The first kappa shape index (κ1) is 26.8. The van der Waals surface area contributed by atoms with Crippen molar-refractivity contribution in [2.75, 3.05) is 26.9 Å². The molecule has 0 fully saturated rings. The Morgan fingerprint density at radius 2 is 1.71 bits per heavy atom. The summed E-state index contributed by atoms with van der Waals surface area (Å²) >= 11 is 0. The summed E-state index contributed by atoms with van der Waals surface area (Å²) in [5, 5.41) is 15.1. The molecular formula is C21H27F3IN3O3. The maximum Gasteiger partial charge on any atom is 0.416 e. The average molecular weight is 553 g/mol. The SMILES string of the molecule is CCNC(=NCc1ccc(OCCO)c(OC)c1)NCc1ccc(C(F)(F)F)cc1.I. The minimum Gasteiger partial charge on any atom is -0.493 e. The molecule has 10 heteroatoms. The second kappa shape index (κ2) is 13.3. The summed E-state index contributed by atoms with van der Waals surface area (Å²) in [7, 11) is 1.53. The van der Waals surface area contributed by atoms with Crippen LogP contribution in [0.3, 0.4) is 0 Å². The minimum atomic E-state index is -4.35. The van der Waals surface area contributed by atoms with Crippen molar-refractivity contribution in [2.45, 2.75) is 26.2 Å². The quantitative estimate of drug-likeness (QED) is 0.249. The minimum absolute atomic E-state index is 0. The van der Waals surface area contributed by atoms with Gasteiger partial charge in [0.05, 0.1) is 25.8 Å². The number of alkyl halides is 3. The Morgan fingerprint density at radius 1 is 1.03 bits per heavy atom. The van der Waals surface area contributed by atoms with Gasteiger partial charge in [-0.3, -0.25) is 0 Å². The predicted octanol–water partition coefficient (Wildman–Crippen LogP) is 3.96. The molecule has 0 amide bonds. The Bertz CT molecular complexity index is 831. The first-order valence-corrected chi connectivity index (χ1v) is 9.46. The third-order valence-corrected chi connectivity index (χ3v) is 4.08. The molecule has 0 spiro atoms. The molecule has 0 saturated heterocycles. The zero-order chi connectivity index (χ0) is 22.0. The number of ether oxygens (including phenoxy) is 2. The molecule has 0 aromatic heterocycles. The van der Waals surface area contributed by atoms with Gasteiger partial charge in [0.25, 0.3) is 0 Å². The van der Waals surface area contributed by atoms with Crippen LogP contribution in [0.25, 0.3) is 0 Å². The molecule has 2 aromatic rings.